The lowest BCUT2D eigenvalue weighted by Gasteiger charge is -2.38. The average Bonchev–Trinajstić information content (AvgIpc) is 3.38. The molecule has 0 bridgehead atoms. The van der Waals surface area contributed by atoms with Gasteiger partial charge in [0.1, 0.15) is 0 Å². The zero-order valence-electron chi connectivity index (χ0n) is 16.3. The Morgan fingerprint density at radius 1 is 1.11 bits per heavy atom. The van der Waals surface area contributed by atoms with E-state index in [4.69, 9.17) is 4.74 Å². The summed E-state index contributed by atoms with van der Waals surface area (Å²) >= 11 is 0. The van der Waals surface area contributed by atoms with Crippen LogP contribution >= 0.6 is 0 Å². The molecule has 0 amide bonds. The normalized spacial score (nSPS) is 26.2. The molecule has 1 atom stereocenters. The first-order valence-electron chi connectivity index (χ1n) is 10.3. The zero-order valence-corrected chi connectivity index (χ0v) is 17.2. The Bertz CT molecular complexity index is 728. The molecule has 3 fully saturated rings. The number of hydrogen-bond acceptors (Lipinski definition) is 6. The summed E-state index contributed by atoms with van der Waals surface area (Å²) in [6, 6.07) is 0.786. The standard InChI is InChI=1S/C19H32N4O3S/c1-27(24,25)19-20-13-17(23(19)15-18-7-4-12-26-18)14-21-8-10-22(11-9-21)16-5-2-3-6-16/h13,16,18H,2-12,14-15H2,1H3/t18-/m0/s1. The lowest BCUT2D eigenvalue weighted by molar-refractivity contribution is 0.0847. The van der Waals surface area contributed by atoms with Crippen LogP contribution in [-0.4, -0.2) is 79.0 Å². The third kappa shape index (κ3) is 4.55. The predicted molar refractivity (Wildman–Crippen MR) is 103 cm³/mol. The van der Waals surface area contributed by atoms with Crippen molar-refractivity contribution in [3.8, 4) is 0 Å². The third-order valence-corrected chi connectivity index (χ3v) is 7.27. The van der Waals surface area contributed by atoms with E-state index in [1.165, 1.54) is 31.9 Å². The van der Waals surface area contributed by atoms with E-state index < -0.39 is 9.84 Å². The molecular formula is C19H32N4O3S. The van der Waals surface area contributed by atoms with Crippen molar-refractivity contribution < 1.29 is 13.2 Å². The van der Waals surface area contributed by atoms with E-state index >= 15 is 0 Å². The van der Waals surface area contributed by atoms with Crippen molar-refractivity contribution in [1.29, 1.82) is 0 Å². The molecule has 7 nitrogen and oxygen atoms in total. The summed E-state index contributed by atoms with van der Waals surface area (Å²) in [5, 5.41) is 0.178. The molecule has 1 saturated carbocycles. The van der Waals surface area contributed by atoms with Crippen LogP contribution in [0, 0.1) is 0 Å². The highest BCUT2D eigenvalue weighted by molar-refractivity contribution is 7.90. The van der Waals surface area contributed by atoms with E-state index in [-0.39, 0.29) is 11.3 Å². The lowest BCUT2D eigenvalue weighted by atomic mass is 10.2. The largest absolute Gasteiger partial charge is 0.376 e. The first-order valence-corrected chi connectivity index (χ1v) is 12.2. The first-order chi connectivity index (χ1) is 13.0. The minimum atomic E-state index is -3.35. The van der Waals surface area contributed by atoms with Crippen molar-refractivity contribution in [2.45, 2.75) is 68.9 Å². The van der Waals surface area contributed by atoms with Gasteiger partial charge in [-0.25, -0.2) is 13.4 Å². The van der Waals surface area contributed by atoms with Crippen molar-refractivity contribution in [3.63, 3.8) is 0 Å². The van der Waals surface area contributed by atoms with Gasteiger partial charge in [-0.2, -0.15) is 0 Å². The summed E-state index contributed by atoms with van der Waals surface area (Å²) in [4.78, 5) is 9.33. The van der Waals surface area contributed by atoms with Gasteiger partial charge in [-0.3, -0.25) is 9.80 Å². The number of piperazine rings is 1. The van der Waals surface area contributed by atoms with Crippen LogP contribution in [0.15, 0.2) is 11.4 Å². The molecule has 27 heavy (non-hydrogen) atoms. The van der Waals surface area contributed by atoms with Gasteiger partial charge in [-0.1, -0.05) is 12.8 Å². The number of rotatable bonds is 6. The highest BCUT2D eigenvalue weighted by Gasteiger charge is 2.28. The summed E-state index contributed by atoms with van der Waals surface area (Å²) in [6.07, 6.45) is 10.6. The number of ether oxygens (including phenoxy) is 1. The molecule has 0 unspecified atom stereocenters. The van der Waals surface area contributed by atoms with Gasteiger partial charge in [0, 0.05) is 51.6 Å². The van der Waals surface area contributed by atoms with Crippen molar-refractivity contribution in [2.24, 2.45) is 0 Å². The molecule has 152 valence electrons. The molecule has 4 rings (SSSR count). The van der Waals surface area contributed by atoms with Crippen LogP contribution in [0.25, 0.3) is 0 Å². The molecular weight excluding hydrogens is 364 g/mol. The quantitative estimate of drug-likeness (QED) is 0.726. The highest BCUT2D eigenvalue weighted by atomic mass is 32.2. The lowest BCUT2D eigenvalue weighted by Crippen LogP contribution is -2.49. The maximum Gasteiger partial charge on any atom is 0.227 e. The zero-order chi connectivity index (χ0) is 18.9. The fourth-order valence-electron chi connectivity index (χ4n) is 4.79. The van der Waals surface area contributed by atoms with E-state index in [9.17, 15) is 8.42 Å². The van der Waals surface area contributed by atoms with Crippen molar-refractivity contribution in [3.05, 3.63) is 11.9 Å². The molecule has 2 saturated heterocycles. The second-order valence-electron chi connectivity index (χ2n) is 8.30. The second kappa shape index (κ2) is 8.19. The molecule has 1 aromatic heterocycles. The van der Waals surface area contributed by atoms with Crippen molar-refractivity contribution in [1.82, 2.24) is 19.4 Å². The number of imidazole rings is 1. The van der Waals surface area contributed by atoms with Crippen LogP contribution in [-0.2, 0) is 27.7 Å². The SMILES string of the molecule is CS(=O)(=O)c1ncc(CN2CCN(C3CCCC3)CC2)n1C[C@@H]1CCCO1. The number of nitrogens with zero attached hydrogens (tertiary/aromatic N) is 4. The summed E-state index contributed by atoms with van der Waals surface area (Å²) in [5.41, 5.74) is 0.986. The first kappa shape index (κ1) is 19.4. The summed E-state index contributed by atoms with van der Waals surface area (Å²) in [6.45, 7) is 6.41. The topological polar surface area (TPSA) is 67.7 Å². The molecule has 1 aliphatic carbocycles. The Morgan fingerprint density at radius 3 is 2.48 bits per heavy atom. The average molecular weight is 397 g/mol. The van der Waals surface area contributed by atoms with Gasteiger partial charge in [0.2, 0.25) is 15.0 Å². The Labute approximate surface area is 162 Å². The number of hydrogen-bond donors (Lipinski definition) is 0. The fraction of sp³-hybridized carbons (Fsp3) is 0.842. The fourth-order valence-corrected chi connectivity index (χ4v) is 5.62. The molecule has 3 aliphatic rings. The maximum absolute atomic E-state index is 12.2. The maximum atomic E-state index is 12.2. The molecule has 0 N–H and O–H groups in total. The van der Waals surface area contributed by atoms with E-state index in [1.807, 2.05) is 4.57 Å². The van der Waals surface area contributed by atoms with Gasteiger partial charge in [0.25, 0.3) is 0 Å². The summed E-state index contributed by atoms with van der Waals surface area (Å²) in [7, 11) is -3.35. The summed E-state index contributed by atoms with van der Waals surface area (Å²) in [5.74, 6) is 0. The molecule has 0 spiro atoms. The summed E-state index contributed by atoms with van der Waals surface area (Å²) < 4.78 is 32.0. The molecule has 3 heterocycles. The smallest absolute Gasteiger partial charge is 0.227 e. The van der Waals surface area contributed by atoms with Crippen molar-refractivity contribution in [2.75, 3.05) is 39.0 Å². The minimum Gasteiger partial charge on any atom is -0.376 e. The predicted octanol–water partition coefficient (Wildman–Crippen LogP) is 1.53. The van der Waals surface area contributed by atoms with Crippen LogP contribution in [0.4, 0.5) is 0 Å². The molecule has 1 aromatic rings. The minimum absolute atomic E-state index is 0.0951. The number of sulfone groups is 1. The van der Waals surface area contributed by atoms with Crippen molar-refractivity contribution >= 4 is 9.84 Å². The Hall–Kier alpha value is -0.960. The molecule has 0 radical (unpaired) electrons. The Kier molecular flexibility index (Phi) is 5.87. The van der Waals surface area contributed by atoms with Gasteiger partial charge in [-0.05, 0) is 25.7 Å². The molecule has 2 aliphatic heterocycles. The van der Waals surface area contributed by atoms with Crippen LogP contribution in [0.1, 0.15) is 44.2 Å². The van der Waals surface area contributed by atoms with E-state index in [2.05, 4.69) is 14.8 Å². The van der Waals surface area contributed by atoms with Gasteiger partial charge in [-0.15, -0.1) is 0 Å². The third-order valence-electron chi connectivity index (χ3n) is 6.28. The van der Waals surface area contributed by atoms with Gasteiger partial charge in [0.05, 0.1) is 24.5 Å². The van der Waals surface area contributed by atoms with E-state index in [0.717, 1.165) is 63.9 Å². The van der Waals surface area contributed by atoms with Crippen LogP contribution < -0.4 is 0 Å². The Morgan fingerprint density at radius 2 is 1.85 bits per heavy atom. The van der Waals surface area contributed by atoms with Crippen LogP contribution in [0.2, 0.25) is 0 Å². The monoisotopic (exact) mass is 396 g/mol. The molecule has 0 aromatic carbocycles. The number of aromatic nitrogens is 2. The van der Waals surface area contributed by atoms with E-state index in [0.29, 0.717) is 6.54 Å². The van der Waals surface area contributed by atoms with Gasteiger partial charge < -0.3 is 9.30 Å². The highest BCUT2D eigenvalue weighted by Crippen LogP contribution is 2.25. The van der Waals surface area contributed by atoms with Crippen LogP contribution in [0.5, 0.6) is 0 Å². The molecule has 8 heteroatoms. The van der Waals surface area contributed by atoms with Gasteiger partial charge in [0.15, 0.2) is 0 Å². The van der Waals surface area contributed by atoms with Crippen LogP contribution in [0.3, 0.4) is 0 Å². The van der Waals surface area contributed by atoms with Gasteiger partial charge >= 0.3 is 0 Å². The Balaban J connectivity index is 1.43. The van der Waals surface area contributed by atoms with E-state index in [1.54, 1.807) is 6.20 Å². The second-order valence-corrected chi connectivity index (χ2v) is 10.2.